The molecule has 0 heterocycles. The van der Waals surface area contributed by atoms with Gasteiger partial charge in [0.2, 0.25) is 5.91 Å². The lowest BCUT2D eigenvalue weighted by Gasteiger charge is -2.28. The summed E-state index contributed by atoms with van der Waals surface area (Å²) in [5.41, 5.74) is 1.92. The summed E-state index contributed by atoms with van der Waals surface area (Å²) in [4.78, 5) is 26.6. The highest BCUT2D eigenvalue weighted by Gasteiger charge is 2.26. The van der Waals surface area contributed by atoms with Crippen molar-refractivity contribution < 1.29 is 18.7 Å². The van der Waals surface area contributed by atoms with Crippen LogP contribution >= 0.6 is 0 Å². The number of halogens is 1. The van der Waals surface area contributed by atoms with Crippen LogP contribution in [0.2, 0.25) is 0 Å². The molecule has 6 heteroatoms. The molecule has 1 N–H and O–H groups in total. The molecule has 0 saturated heterocycles. The molecule has 29 heavy (non-hydrogen) atoms. The smallest absolute Gasteiger partial charge is 0.261 e. The van der Waals surface area contributed by atoms with E-state index < -0.39 is 6.04 Å². The van der Waals surface area contributed by atoms with E-state index in [4.69, 9.17) is 4.74 Å². The maximum absolute atomic E-state index is 13.2. The van der Waals surface area contributed by atoms with E-state index in [-0.39, 0.29) is 30.8 Å². The van der Waals surface area contributed by atoms with Gasteiger partial charge in [0.1, 0.15) is 17.6 Å². The first-order valence-electron chi connectivity index (χ1n) is 9.86. The van der Waals surface area contributed by atoms with Crippen LogP contribution in [0.5, 0.6) is 5.75 Å². The molecule has 2 rings (SSSR count). The van der Waals surface area contributed by atoms with Gasteiger partial charge in [-0.3, -0.25) is 9.59 Å². The van der Waals surface area contributed by atoms with Crippen molar-refractivity contribution in [2.45, 2.75) is 46.2 Å². The second-order valence-electron chi connectivity index (χ2n) is 7.23. The Labute approximate surface area is 171 Å². The largest absolute Gasteiger partial charge is 0.484 e. The Kier molecular flexibility index (Phi) is 8.19. The number of nitrogens with zero attached hydrogens (tertiary/aromatic N) is 1. The zero-order valence-corrected chi connectivity index (χ0v) is 17.4. The number of carbonyl (C=O) groups excluding carboxylic acids is 2. The predicted molar refractivity (Wildman–Crippen MR) is 111 cm³/mol. The molecule has 156 valence electrons. The summed E-state index contributed by atoms with van der Waals surface area (Å²) in [7, 11) is 0. The third-order valence-electron chi connectivity index (χ3n) is 4.69. The minimum atomic E-state index is -0.681. The van der Waals surface area contributed by atoms with Crippen LogP contribution in [0.3, 0.4) is 0 Å². The van der Waals surface area contributed by atoms with Crippen molar-refractivity contribution in [1.82, 2.24) is 10.2 Å². The van der Waals surface area contributed by atoms with E-state index in [1.165, 1.54) is 22.6 Å². The van der Waals surface area contributed by atoms with E-state index in [0.717, 1.165) is 5.56 Å². The van der Waals surface area contributed by atoms with Crippen LogP contribution in [0.15, 0.2) is 48.5 Å². The van der Waals surface area contributed by atoms with Gasteiger partial charge in [-0.1, -0.05) is 38.1 Å². The Hall–Kier alpha value is -2.89. The monoisotopic (exact) mass is 400 g/mol. The van der Waals surface area contributed by atoms with Gasteiger partial charge in [0.05, 0.1) is 0 Å². The zero-order chi connectivity index (χ0) is 21.4. The van der Waals surface area contributed by atoms with Crippen molar-refractivity contribution in [1.29, 1.82) is 0 Å². The zero-order valence-electron chi connectivity index (χ0n) is 17.4. The summed E-state index contributed by atoms with van der Waals surface area (Å²) in [5, 5.41) is 2.73. The molecule has 0 fully saturated rings. The standard InChI is InChI=1S/C23H29FN2O3/c1-5-25-23(28)17(4)26(14-18-6-10-20(24)11-7-18)22(27)15-29-21-12-8-19(9-13-21)16(2)3/h6-13,16-17H,5,14-15H2,1-4H3,(H,25,28). The van der Waals surface area contributed by atoms with Crippen molar-refractivity contribution in [3.63, 3.8) is 0 Å². The Morgan fingerprint density at radius 3 is 2.21 bits per heavy atom. The predicted octanol–water partition coefficient (Wildman–Crippen LogP) is 3.88. The van der Waals surface area contributed by atoms with Crippen molar-refractivity contribution in [3.8, 4) is 5.75 Å². The highest BCUT2D eigenvalue weighted by atomic mass is 19.1. The average molecular weight is 400 g/mol. The fourth-order valence-corrected chi connectivity index (χ4v) is 2.87. The molecule has 2 aromatic rings. The number of hydrogen-bond acceptors (Lipinski definition) is 3. The van der Waals surface area contributed by atoms with Crippen LogP contribution in [0.25, 0.3) is 0 Å². The molecular weight excluding hydrogens is 371 g/mol. The van der Waals surface area contributed by atoms with Crippen molar-refractivity contribution in [2.75, 3.05) is 13.2 Å². The normalized spacial score (nSPS) is 11.8. The second-order valence-corrected chi connectivity index (χ2v) is 7.23. The Morgan fingerprint density at radius 2 is 1.66 bits per heavy atom. The minimum absolute atomic E-state index is 0.188. The number of benzene rings is 2. The third-order valence-corrected chi connectivity index (χ3v) is 4.69. The maximum atomic E-state index is 13.2. The molecule has 0 bridgehead atoms. The van der Waals surface area contributed by atoms with E-state index in [1.54, 1.807) is 19.1 Å². The number of ether oxygens (including phenoxy) is 1. The highest BCUT2D eigenvalue weighted by molar-refractivity contribution is 5.87. The van der Waals surface area contributed by atoms with Crippen LogP contribution < -0.4 is 10.1 Å². The Bertz CT molecular complexity index is 804. The first kappa shape index (κ1) is 22.4. The molecule has 0 aromatic heterocycles. The molecule has 1 atom stereocenters. The number of nitrogens with one attached hydrogen (secondary N) is 1. The van der Waals surface area contributed by atoms with Gasteiger partial charge >= 0.3 is 0 Å². The fraction of sp³-hybridized carbons (Fsp3) is 0.391. The summed E-state index contributed by atoms with van der Waals surface area (Å²) in [6.07, 6.45) is 0. The van der Waals surface area contributed by atoms with E-state index in [1.807, 2.05) is 31.2 Å². The molecule has 5 nitrogen and oxygen atoms in total. The van der Waals surface area contributed by atoms with Gasteiger partial charge in [0.15, 0.2) is 6.61 Å². The molecule has 0 aliphatic carbocycles. The van der Waals surface area contributed by atoms with Crippen LogP contribution in [0.4, 0.5) is 4.39 Å². The van der Waals surface area contributed by atoms with Gasteiger partial charge in [0, 0.05) is 13.1 Å². The van der Waals surface area contributed by atoms with Crippen LogP contribution in [-0.4, -0.2) is 35.9 Å². The minimum Gasteiger partial charge on any atom is -0.484 e. The summed E-state index contributed by atoms with van der Waals surface area (Å²) in [6, 6.07) is 12.8. The number of hydrogen-bond donors (Lipinski definition) is 1. The van der Waals surface area contributed by atoms with E-state index >= 15 is 0 Å². The average Bonchev–Trinajstić information content (AvgIpc) is 2.71. The number of likely N-dealkylation sites (N-methyl/N-ethyl adjacent to an activating group) is 1. The Morgan fingerprint density at radius 1 is 1.03 bits per heavy atom. The van der Waals surface area contributed by atoms with Crippen LogP contribution in [0.1, 0.15) is 44.7 Å². The van der Waals surface area contributed by atoms with Gasteiger partial charge in [-0.2, -0.15) is 0 Å². The number of amides is 2. The molecule has 0 aliphatic heterocycles. The maximum Gasteiger partial charge on any atom is 0.261 e. The molecule has 2 amide bonds. The lowest BCUT2D eigenvalue weighted by atomic mass is 10.0. The van der Waals surface area contributed by atoms with Gasteiger partial charge in [-0.05, 0) is 55.2 Å². The molecular formula is C23H29FN2O3. The molecule has 0 radical (unpaired) electrons. The Balaban J connectivity index is 2.10. The van der Waals surface area contributed by atoms with Gasteiger partial charge < -0.3 is 15.0 Å². The quantitative estimate of drug-likeness (QED) is 0.695. The topological polar surface area (TPSA) is 58.6 Å². The number of carbonyl (C=O) groups is 2. The van der Waals surface area contributed by atoms with Gasteiger partial charge in [-0.25, -0.2) is 4.39 Å². The van der Waals surface area contributed by atoms with E-state index in [0.29, 0.717) is 18.2 Å². The first-order chi connectivity index (χ1) is 13.8. The van der Waals surface area contributed by atoms with E-state index in [9.17, 15) is 14.0 Å². The molecule has 1 unspecified atom stereocenters. The highest BCUT2D eigenvalue weighted by Crippen LogP contribution is 2.19. The molecule has 0 saturated carbocycles. The third kappa shape index (κ3) is 6.59. The molecule has 0 aliphatic rings. The van der Waals surface area contributed by atoms with Gasteiger partial charge in [0.25, 0.3) is 5.91 Å². The lowest BCUT2D eigenvalue weighted by Crippen LogP contribution is -2.49. The first-order valence-corrected chi connectivity index (χ1v) is 9.86. The lowest BCUT2D eigenvalue weighted by molar-refractivity contribution is -0.142. The summed E-state index contributed by atoms with van der Waals surface area (Å²) < 4.78 is 18.8. The van der Waals surface area contributed by atoms with Gasteiger partial charge in [-0.15, -0.1) is 0 Å². The summed E-state index contributed by atoms with van der Waals surface area (Å²) in [6.45, 7) is 8.18. The second kappa shape index (κ2) is 10.6. The van der Waals surface area contributed by atoms with Crippen LogP contribution in [-0.2, 0) is 16.1 Å². The molecule has 2 aromatic carbocycles. The fourth-order valence-electron chi connectivity index (χ4n) is 2.87. The van der Waals surface area contributed by atoms with E-state index in [2.05, 4.69) is 19.2 Å². The van der Waals surface area contributed by atoms with Crippen LogP contribution in [0, 0.1) is 5.82 Å². The molecule has 0 spiro atoms. The summed E-state index contributed by atoms with van der Waals surface area (Å²) in [5.74, 6) is 0.0896. The van der Waals surface area contributed by atoms with Crippen molar-refractivity contribution in [3.05, 3.63) is 65.5 Å². The SMILES string of the molecule is CCNC(=O)C(C)N(Cc1ccc(F)cc1)C(=O)COc1ccc(C(C)C)cc1. The van der Waals surface area contributed by atoms with Crippen molar-refractivity contribution >= 4 is 11.8 Å². The number of rotatable bonds is 9. The van der Waals surface area contributed by atoms with Crippen molar-refractivity contribution in [2.24, 2.45) is 0 Å². The summed E-state index contributed by atoms with van der Waals surface area (Å²) >= 11 is 0.